The van der Waals surface area contributed by atoms with E-state index in [0.717, 1.165) is 15.4 Å². The molecule has 1 N–H and O–H groups in total. The summed E-state index contributed by atoms with van der Waals surface area (Å²) >= 11 is 6.22. The van der Waals surface area contributed by atoms with E-state index < -0.39 is 22.5 Å². The van der Waals surface area contributed by atoms with Crippen molar-refractivity contribution >= 4 is 38.9 Å². The van der Waals surface area contributed by atoms with Gasteiger partial charge in [0.1, 0.15) is 12.3 Å². The van der Waals surface area contributed by atoms with Crippen molar-refractivity contribution in [2.75, 3.05) is 23.3 Å². The van der Waals surface area contributed by atoms with Crippen LogP contribution in [-0.2, 0) is 14.8 Å². The number of nitrogens with one attached hydrogen (secondary N) is 1. The molecule has 3 aromatic rings. The van der Waals surface area contributed by atoms with Gasteiger partial charge in [-0.3, -0.25) is 9.10 Å². The lowest BCUT2D eigenvalue weighted by atomic mass is 10.1. The lowest BCUT2D eigenvalue weighted by molar-refractivity contribution is -0.114. The fraction of sp³-hybridized carbons (Fsp3) is 0.174. The summed E-state index contributed by atoms with van der Waals surface area (Å²) in [7, 11) is -2.55. The first-order valence-corrected chi connectivity index (χ1v) is 11.3. The van der Waals surface area contributed by atoms with Crippen LogP contribution in [0.1, 0.15) is 11.1 Å². The van der Waals surface area contributed by atoms with Gasteiger partial charge >= 0.3 is 0 Å². The molecule has 0 aliphatic rings. The van der Waals surface area contributed by atoms with Crippen molar-refractivity contribution in [2.24, 2.45) is 0 Å². The molecule has 0 saturated heterocycles. The third kappa shape index (κ3) is 5.18. The van der Waals surface area contributed by atoms with Crippen LogP contribution in [0.5, 0.6) is 5.75 Å². The Morgan fingerprint density at radius 2 is 1.74 bits per heavy atom. The standard InChI is InChI=1S/C23H23ClN2O4S/c1-16-9-11-21(17(2)13-16)25-23(27)15-26(18-10-12-22(30-3)20(24)14-18)31(28,29)19-7-5-4-6-8-19/h4-14H,15H2,1-3H3,(H,25,27). The minimum atomic E-state index is -4.02. The second-order valence-corrected chi connectivity index (χ2v) is 9.28. The molecular weight excluding hydrogens is 436 g/mol. The zero-order valence-corrected chi connectivity index (χ0v) is 19.0. The quantitative estimate of drug-likeness (QED) is 0.551. The molecule has 1 amide bonds. The molecule has 0 spiro atoms. The van der Waals surface area contributed by atoms with Gasteiger partial charge in [0.15, 0.2) is 0 Å². The van der Waals surface area contributed by atoms with Crippen LogP contribution in [0, 0.1) is 13.8 Å². The van der Waals surface area contributed by atoms with E-state index in [1.165, 1.54) is 25.3 Å². The van der Waals surface area contributed by atoms with Gasteiger partial charge in [0.2, 0.25) is 5.91 Å². The van der Waals surface area contributed by atoms with Gasteiger partial charge in [0.05, 0.1) is 22.7 Å². The Hall–Kier alpha value is -3.03. The summed E-state index contributed by atoms with van der Waals surface area (Å²) in [4.78, 5) is 12.9. The molecule has 0 saturated carbocycles. The fourth-order valence-corrected chi connectivity index (χ4v) is 4.80. The molecule has 0 fully saturated rings. The number of hydrogen-bond acceptors (Lipinski definition) is 4. The third-order valence-electron chi connectivity index (χ3n) is 4.70. The highest BCUT2D eigenvalue weighted by atomic mass is 35.5. The Balaban J connectivity index is 1.97. The number of ether oxygens (including phenoxy) is 1. The Morgan fingerprint density at radius 1 is 1.03 bits per heavy atom. The molecule has 6 nitrogen and oxygen atoms in total. The highest BCUT2D eigenvalue weighted by molar-refractivity contribution is 7.92. The number of aryl methyl sites for hydroxylation is 2. The van der Waals surface area contributed by atoms with Crippen molar-refractivity contribution in [1.82, 2.24) is 0 Å². The number of rotatable bonds is 7. The molecule has 3 aromatic carbocycles. The summed E-state index contributed by atoms with van der Waals surface area (Å²) in [6.07, 6.45) is 0. The van der Waals surface area contributed by atoms with Crippen LogP contribution in [0.15, 0.2) is 71.6 Å². The first-order chi connectivity index (χ1) is 14.7. The van der Waals surface area contributed by atoms with Gasteiger partial charge in [-0.1, -0.05) is 47.5 Å². The van der Waals surface area contributed by atoms with Crippen LogP contribution in [-0.4, -0.2) is 28.0 Å². The largest absolute Gasteiger partial charge is 0.495 e. The van der Waals surface area contributed by atoms with Crippen LogP contribution in [0.2, 0.25) is 5.02 Å². The minimum Gasteiger partial charge on any atom is -0.495 e. The van der Waals surface area contributed by atoms with Gasteiger partial charge in [0.25, 0.3) is 10.0 Å². The molecular formula is C23H23ClN2O4S. The van der Waals surface area contributed by atoms with Gasteiger partial charge in [0, 0.05) is 5.69 Å². The zero-order valence-electron chi connectivity index (χ0n) is 17.4. The topological polar surface area (TPSA) is 75.7 Å². The zero-order chi connectivity index (χ0) is 22.6. The van der Waals surface area contributed by atoms with Crippen LogP contribution in [0.3, 0.4) is 0 Å². The average molecular weight is 459 g/mol. The normalized spacial score (nSPS) is 11.1. The number of anilines is 2. The number of amides is 1. The van der Waals surface area contributed by atoms with Crippen LogP contribution in [0.25, 0.3) is 0 Å². The maximum Gasteiger partial charge on any atom is 0.264 e. The van der Waals surface area contributed by atoms with Crippen LogP contribution >= 0.6 is 11.6 Å². The summed E-state index contributed by atoms with van der Waals surface area (Å²) in [5.74, 6) is -0.0689. The van der Waals surface area contributed by atoms with E-state index in [4.69, 9.17) is 16.3 Å². The molecule has 3 rings (SSSR count). The number of carbonyl (C=O) groups is 1. The molecule has 0 unspecified atom stereocenters. The van der Waals surface area contributed by atoms with E-state index in [9.17, 15) is 13.2 Å². The summed E-state index contributed by atoms with van der Waals surface area (Å²) < 4.78 is 32.9. The molecule has 8 heteroatoms. The summed E-state index contributed by atoms with van der Waals surface area (Å²) in [5, 5.41) is 3.03. The maximum absolute atomic E-state index is 13.4. The van der Waals surface area contributed by atoms with E-state index in [1.54, 1.807) is 36.4 Å². The number of benzene rings is 3. The highest BCUT2D eigenvalue weighted by Crippen LogP contribution is 2.32. The SMILES string of the molecule is COc1ccc(N(CC(=O)Nc2ccc(C)cc2C)S(=O)(=O)c2ccccc2)cc1Cl. The van der Waals surface area contributed by atoms with E-state index in [-0.39, 0.29) is 15.6 Å². The first-order valence-electron chi connectivity index (χ1n) is 9.51. The van der Waals surface area contributed by atoms with E-state index in [0.29, 0.717) is 11.4 Å². The number of methoxy groups -OCH3 is 1. The Labute approximate surface area is 187 Å². The molecule has 0 aromatic heterocycles. The van der Waals surface area contributed by atoms with Crippen molar-refractivity contribution in [1.29, 1.82) is 0 Å². The maximum atomic E-state index is 13.4. The van der Waals surface area contributed by atoms with Crippen molar-refractivity contribution in [3.8, 4) is 5.75 Å². The van der Waals surface area contributed by atoms with Crippen molar-refractivity contribution in [2.45, 2.75) is 18.7 Å². The van der Waals surface area contributed by atoms with Gasteiger partial charge in [-0.25, -0.2) is 8.42 Å². The fourth-order valence-electron chi connectivity index (χ4n) is 3.12. The molecule has 31 heavy (non-hydrogen) atoms. The molecule has 0 heterocycles. The smallest absolute Gasteiger partial charge is 0.264 e. The van der Waals surface area contributed by atoms with Crippen molar-refractivity contribution in [3.63, 3.8) is 0 Å². The number of carbonyl (C=O) groups excluding carboxylic acids is 1. The predicted molar refractivity (Wildman–Crippen MR) is 124 cm³/mol. The van der Waals surface area contributed by atoms with E-state index >= 15 is 0 Å². The second-order valence-electron chi connectivity index (χ2n) is 7.01. The van der Waals surface area contributed by atoms with E-state index in [1.807, 2.05) is 26.0 Å². The summed E-state index contributed by atoms with van der Waals surface area (Å²) in [6, 6.07) is 18.1. The van der Waals surface area contributed by atoms with Gasteiger partial charge in [-0.05, 0) is 55.8 Å². The number of sulfonamides is 1. The number of nitrogens with zero attached hydrogens (tertiary/aromatic N) is 1. The monoisotopic (exact) mass is 458 g/mol. The first kappa shape index (κ1) is 22.7. The molecule has 0 aliphatic heterocycles. The number of hydrogen-bond donors (Lipinski definition) is 1. The Kier molecular flexibility index (Phi) is 6.87. The summed E-state index contributed by atoms with van der Waals surface area (Å²) in [6.45, 7) is 3.41. The average Bonchev–Trinajstić information content (AvgIpc) is 2.74. The lowest BCUT2D eigenvalue weighted by Gasteiger charge is -2.25. The highest BCUT2D eigenvalue weighted by Gasteiger charge is 2.28. The van der Waals surface area contributed by atoms with Gasteiger partial charge < -0.3 is 10.1 Å². The van der Waals surface area contributed by atoms with Gasteiger partial charge in [-0.2, -0.15) is 0 Å². The molecule has 0 aliphatic carbocycles. The molecule has 0 bridgehead atoms. The van der Waals surface area contributed by atoms with Crippen molar-refractivity contribution < 1.29 is 17.9 Å². The molecule has 0 radical (unpaired) electrons. The van der Waals surface area contributed by atoms with E-state index in [2.05, 4.69) is 5.32 Å². The van der Waals surface area contributed by atoms with Crippen LogP contribution in [0.4, 0.5) is 11.4 Å². The van der Waals surface area contributed by atoms with Gasteiger partial charge in [-0.15, -0.1) is 0 Å². The van der Waals surface area contributed by atoms with Crippen LogP contribution < -0.4 is 14.4 Å². The molecule has 0 atom stereocenters. The predicted octanol–water partition coefficient (Wildman–Crippen LogP) is 4.80. The second kappa shape index (κ2) is 9.41. The Bertz CT molecular complexity index is 1200. The molecule has 162 valence electrons. The third-order valence-corrected chi connectivity index (χ3v) is 6.78. The van der Waals surface area contributed by atoms with Crippen molar-refractivity contribution in [3.05, 3.63) is 82.9 Å². The Morgan fingerprint density at radius 3 is 2.35 bits per heavy atom. The lowest BCUT2D eigenvalue weighted by Crippen LogP contribution is -2.38. The minimum absolute atomic E-state index is 0.0706. The number of halogens is 1. The summed E-state index contributed by atoms with van der Waals surface area (Å²) in [5.41, 5.74) is 2.83.